The second-order valence-electron chi connectivity index (χ2n) is 4.68. The van der Waals surface area contributed by atoms with Crippen LogP contribution >= 0.6 is 11.6 Å². The van der Waals surface area contributed by atoms with Crippen LogP contribution in [0.25, 0.3) is 0 Å². The molecule has 1 rings (SSSR count). The van der Waals surface area contributed by atoms with Crippen LogP contribution in [0, 0.1) is 0 Å². The van der Waals surface area contributed by atoms with Crippen LogP contribution in [-0.4, -0.2) is 36.1 Å². The number of benzene rings is 1. The summed E-state index contributed by atoms with van der Waals surface area (Å²) in [6, 6.07) is 8.36. The zero-order valence-electron chi connectivity index (χ0n) is 12.5. The number of hydrogen-bond acceptors (Lipinski definition) is 5. The van der Waals surface area contributed by atoms with Gasteiger partial charge in [-0.15, -0.1) is 11.6 Å². The first kappa shape index (κ1) is 18.2. The lowest BCUT2D eigenvalue weighted by molar-refractivity contribution is -0.149. The van der Waals surface area contributed by atoms with Gasteiger partial charge in [0.15, 0.2) is 5.38 Å². The van der Waals surface area contributed by atoms with Crippen molar-refractivity contribution in [2.45, 2.75) is 24.3 Å². The average molecular weight is 327 g/mol. The van der Waals surface area contributed by atoms with Crippen LogP contribution in [0.5, 0.6) is 0 Å². The standard InChI is InChI=1S/C16H19ClO5/c1-4-22-15(19)13(17)16(20,10-11(2)14(18)21-3)12-8-6-5-7-9-12/h5-9,13,20H,2,4,10H2,1,3H3. The summed E-state index contributed by atoms with van der Waals surface area (Å²) in [5.41, 5.74) is -1.45. The Kier molecular flexibility index (Phi) is 6.59. The van der Waals surface area contributed by atoms with Gasteiger partial charge in [0.1, 0.15) is 5.60 Å². The number of hydrogen-bond donors (Lipinski definition) is 1. The Morgan fingerprint density at radius 2 is 1.95 bits per heavy atom. The van der Waals surface area contributed by atoms with Crippen LogP contribution in [-0.2, 0) is 24.7 Å². The average Bonchev–Trinajstić information content (AvgIpc) is 2.54. The fourth-order valence-corrected chi connectivity index (χ4v) is 2.28. The van der Waals surface area contributed by atoms with Crippen molar-refractivity contribution in [3.8, 4) is 0 Å². The van der Waals surface area contributed by atoms with Gasteiger partial charge in [-0.25, -0.2) is 4.79 Å². The Labute approximate surface area is 134 Å². The highest BCUT2D eigenvalue weighted by Crippen LogP contribution is 2.35. The summed E-state index contributed by atoms with van der Waals surface area (Å²) < 4.78 is 9.44. The molecule has 1 aromatic carbocycles. The fourth-order valence-electron chi connectivity index (χ4n) is 2.02. The highest BCUT2D eigenvalue weighted by molar-refractivity contribution is 6.30. The lowest BCUT2D eigenvalue weighted by atomic mass is 9.84. The van der Waals surface area contributed by atoms with E-state index in [1.54, 1.807) is 37.3 Å². The molecule has 0 spiro atoms. The highest BCUT2D eigenvalue weighted by Gasteiger charge is 2.44. The molecule has 0 aromatic heterocycles. The largest absolute Gasteiger partial charge is 0.466 e. The molecule has 0 aliphatic heterocycles. The highest BCUT2D eigenvalue weighted by atomic mass is 35.5. The van der Waals surface area contributed by atoms with E-state index in [0.717, 1.165) is 0 Å². The Bertz CT molecular complexity index is 543. The van der Waals surface area contributed by atoms with Crippen LogP contribution in [0.4, 0.5) is 0 Å². The molecular formula is C16H19ClO5. The van der Waals surface area contributed by atoms with Crippen LogP contribution in [0.1, 0.15) is 18.9 Å². The van der Waals surface area contributed by atoms with Crippen LogP contribution in [0.2, 0.25) is 0 Å². The van der Waals surface area contributed by atoms with E-state index in [1.807, 2.05) is 0 Å². The van der Waals surface area contributed by atoms with Gasteiger partial charge < -0.3 is 14.6 Å². The van der Waals surface area contributed by atoms with Gasteiger partial charge in [0, 0.05) is 12.0 Å². The maximum atomic E-state index is 11.9. The molecule has 2 atom stereocenters. The zero-order valence-corrected chi connectivity index (χ0v) is 13.3. The number of esters is 2. The molecule has 0 heterocycles. The zero-order chi connectivity index (χ0) is 16.8. The predicted molar refractivity (Wildman–Crippen MR) is 82.4 cm³/mol. The Morgan fingerprint density at radius 3 is 2.45 bits per heavy atom. The summed E-state index contributed by atoms with van der Waals surface area (Å²) in [6.45, 7) is 5.34. The minimum absolute atomic E-state index is 0.00352. The van der Waals surface area contributed by atoms with Crippen LogP contribution < -0.4 is 0 Å². The first-order valence-corrected chi connectivity index (χ1v) is 7.15. The molecule has 0 radical (unpaired) electrons. The van der Waals surface area contributed by atoms with Crippen molar-refractivity contribution in [3.05, 3.63) is 48.0 Å². The molecule has 0 aliphatic carbocycles. The molecule has 1 N–H and O–H groups in total. The number of ether oxygens (including phenoxy) is 2. The number of carbonyl (C=O) groups excluding carboxylic acids is 2. The number of aliphatic hydroxyl groups is 1. The molecule has 120 valence electrons. The second-order valence-corrected chi connectivity index (χ2v) is 5.11. The first-order chi connectivity index (χ1) is 10.4. The number of rotatable bonds is 7. The summed E-state index contributed by atoms with van der Waals surface area (Å²) in [6.07, 6.45) is -0.253. The van der Waals surface area contributed by atoms with Crippen LogP contribution in [0.15, 0.2) is 42.5 Å². The van der Waals surface area contributed by atoms with Gasteiger partial charge >= 0.3 is 11.9 Å². The smallest absolute Gasteiger partial charge is 0.333 e. The third kappa shape index (κ3) is 4.08. The summed E-state index contributed by atoms with van der Waals surface area (Å²) in [4.78, 5) is 23.5. The van der Waals surface area contributed by atoms with E-state index in [4.69, 9.17) is 16.3 Å². The molecule has 2 unspecified atom stereocenters. The van der Waals surface area contributed by atoms with Gasteiger partial charge in [0.25, 0.3) is 0 Å². The summed E-state index contributed by atoms with van der Waals surface area (Å²) in [7, 11) is 1.21. The van der Waals surface area contributed by atoms with Gasteiger partial charge in [0.2, 0.25) is 0 Å². The molecule has 0 bridgehead atoms. The van der Waals surface area contributed by atoms with Gasteiger partial charge in [-0.1, -0.05) is 36.9 Å². The van der Waals surface area contributed by atoms with Crippen LogP contribution in [0.3, 0.4) is 0 Å². The molecule has 0 saturated heterocycles. The van der Waals surface area contributed by atoms with E-state index < -0.39 is 22.9 Å². The summed E-state index contributed by atoms with van der Waals surface area (Å²) in [5, 5.41) is 9.57. The fraction of sp³-hybridized carbons (Fsp3) is 0.375. The molecular weight excluding hydrogens is 308 g/mol. The van der Waals surface area contributed by atoms with Crippen molar-refractivity contribution in [1.82, 2.24) is 0 Å². The SMILES string of the molecule is C=C(CC(O)(c1ccccc1)C(Cl)C(=O)OCC)C(=O)OC. The lowest BCUT2D eigenvalue weighted by Crippen LogP contribution is -2.43. The predicted octanol–water partition coefficient (Wildman–Crippen LogP) is 2.16. The van der Waals surface area contributed by atoms with E-state index in [0.29, 0.717) is 5.56 Å². The third-order valence-corrected chi connectivity index (χ3v) is 3.68. The number of methoxy groups -OCH3 is 1. The first-order valence-electron chi connectivity index (χ1n) is 6.71. The van der Waals surface area contributed by atoms with Crippen molar-refractivity contribution in [2.75, 3.05) is 13.7 Å². The molecule has 1 aromatic rings. The summed E-state index contributed by atoms with van der Waals surface area (Å²) >= 11 is 6.13. The minimum Gasteiger partial charge on any atom is -0.466 e. The number of halogens is 1. The molecule has 0 aliphatic rings. The van der Waals surface area contributed by atoms with Crippen molar-refractivity contribution >= 4 is 23.5 Å². The van der Waals surface area contributed by atoms with Gasteiger partial charge in [-0.2, -0.15) is 0 Å². The van der Waals surface area contributed by atoms with E-state index in [1.165, 1.54) is 7.11 Å². The summed E-state index contributed by atoms with van der Waals surface area (Å²) in [5.74, 6) is -1.45. The monoisotopic (exact) mass is 326 g/mol. The van der Waals surface area contributed by atoms with Gasteiger partial charge in [0.05, 0.1) is 13.7 Å². The Balaban J connectivity index is 3.18. The van der Waals surface area contributed by atoms with E-state index in [-0.39, 0.29) is 18.6 Å². The van der Waals surface area contributed by atoms with Crippen molar-refractivity contribution in [2.24, 2.45) is 0 Å². The Hall–Kier alpha value is -1.85. The van der Waals surface area contributed by atoms with E-state index >= 15 is 0 Å². The molecule has 0 saturated carbocycles. The number of alkyl halides is 1. The Morgan fingerprint density at radius 1 is 1.36 bits per heavy atom. The van der Waals surface area contributed by atoms with Crippen molar-refractivity contribution < 1.29 is 24.2 Å². The maximum Gasteiger partial charge on any atom is 0.333 e. The van der Waals surface area contributed by atoms with Crippen molar-refractivity contribution in [3.63, 3.8) is 0 Å². The molecule has 0 fully saturated rings. The van der Waals surface area contributed by atoms with E-state index in [9.17, 15) is 14.7 Å². The number of carbonyl (C=O) groups is 2. The second kappa shape index (κ2) is 7.96. The lowest BCUT2D eigenvalue weighted by Gasteiger charge is -2.32. The quantitative estimate of drug-likeness (QED) is 0.472. The molecule has 22 heavy (non-hydrogen) atoms. The molecule has 0 amide bonds. The van der Waals surface area contributed by atoms with Crippen molar-refractivity contribution in [1.29, 1.82) is 0 Å². The normalized spacial score (nSPS) is 14.5. The van der Waals surface area contributed by atoms with Gasteiger partial charge in [-0.05, 0) is 12.5 Å². The van der Waals surface area contributed by atoms with E-state index in [2.05, 4.69) is 11.3 Å². The topological polar surface area (TPSA) is 72.8 Å². The third-order valence-electron chi connectivity index (χ3n) is 3.14. The van der Waals surface area contributed by atoms with Gasteiger partial charge in [-0.3, -0.25) is 4.79 Å². The molecule has 5 nitrogen and oxygen atoms in total. The molecule has 6 heteroatoms. The minimum atomic E-state index is -1.83. The maximum absolute atomic E-state index is 11.9.